The molecule has 3 atom stereocenters. The Morgan fingerprint density at radius 2 is 1.38 bits per heavy atom. The van der Waals surface area contributed by atoms with Crippen LogP contribution in [0.5, 0.6) is 0 Å². The van der Waals surface area contributed by atoms with Crippen molar-refractivity contribution < 1.29 is 35.5 Å². The molecule has 0 heterocycles. The average Bonchev–Trinajstić information content (AvgIpc) is 2.79. The van der Waals surface area contributed by atoms with Crippen molar-refractivity contribution in [1.82, 2.24) is 0 Å². The van der Waals surface area contributed by atoms with Crippen molar-refractivity contribution in [3.63, 3.8) is 0 Å². The Labute approximate surface area is 166 Å². The first-order valence-electron chi connectivity index (χ1n) is 10.7. The van der Waals surface area contributed by atoms with Gasteiger partial charge in [-0.3, -0.25) is 0 Å². The Balaban J connectivity index is 1.77. The Bertz CT molecular complexity index is 624. The zero-order valence-corrected chi connectivity index (χ0v) is 17.0. The molecule has 1 nitrogen and oxygen atoms in total. The zero-order valence-electron chi connectivity index (χ0n) is 17.0. The van der Waals surface area contributed by atoms with Crippen LogP contribution in [0.15, 0.2) is 0 Å². The molecule has 0 saturated heterocycles. The number of alkyl halides is 7. The molecule has 0 N–H and O–H groups in total. The molecule has 5 saturated carbocycles. The molecule has 0 spiro atoms. The molecule has 0 aromatic rings. The summed E-state index contributed by atoms with van der Waals surface area (Å²) in [7, 11) is 0. The van der Waals surface area contributed by atoms with E-state index in [4.69, 9.17) is 4.74 Å². The fourth-order valence-electron chi connectivity index (χ4n) is 7.42. The maximum Gasteiger partial charge on any atom is 0.423 e. The third-order valence-corrected chi connectivity index (χ3v) is 8.63. The van der Waals surface area contributed by atoms with E-state index in [0.29, 0.717) is 44.4 Å². The van der Waals surface area contributed by atoms with E-state index >= 15 is 8.78 Å². The number of hydrogen-bond acceptors (Lipinski definition) is 1. The Morgan fingerprint density at radius 1 is 0.897 bits per heavy atom. The largest absolute Gasteiger partial charge is 0.423 e. The van der Waals surface area contributed by atoms with Crippen molar-refractivity contribution in [3.8, 4) is 0 Å². The van der Waals surface area contributed by atoms with Crippen molar-refractivity contribution in [2.45, 2.75) is 94.9 Å². The SMILES string of the molecule is CCC1CC(OC2(C)C3CC4CC(C3)CC2C4)(C(F)(F)F)C(F)(F)C1C(C)(F)F. The van der Waals surface area contributed by atoms with Crippen molar-refractivity contribution >= 4 is 0 Å². The average molecular weight is 430 g/mol. The molecule has 4 bridgehead atoms. The highest BCUT2D eigenvalue weighted by molar-refractivity contribution is 5.17. The summed E-state index contributed by atoms with van der Waals surface area (Å²) in [4.78, 5) is 0. The quantitative estimate of drug-likeness (QED) is 0.443. The van der Waals surface area contributed by atoms with Gasteiger partial charge in [-0.25, -0.2) is 17.6 Å². The predicted octanol–water partition coefficient (Wildman–Crippen LogP) is 6.86. The van der Waals surface area contributed by atoms with Crippen LogP contribution < -0.4 is 0 Å². The first-order chi connectivity index (χ1) is 13.2. The highest BCUT2D eigenvalue weighted by atomic mass is 19.4. The third kappa shape index (κ3) is 2.89. The van der Waals surface area contributed by atoms with E-state index in [1.54, 1.807) is 0 Å². The number of halogens is 7. The van der Waals surface area contributed by atoms with Crippen LogP contribution >= 0.6 is 0 Å². The van der Waals surface area contributed by atoms with Crippen molar-refractivity contribution in [2.75, 3.05) is 0 Å². The van der Waals surface area contributed by atoms with Gasteiger partial charge in [-0.2, -0.15) is 13.2 Å². The maximum atomic E-state index is 15.4. The fraction of sp³-hybridized carbons (Fsp3) is 1.00. The van der Waals surface area contributed by atoms with Gasteiger partial charge < -0.3 is 4.74 Å². The van der Waals surface area contributed by atoms with Crippen molar-refractivity contribution in [3.05, 3.63) is 0 Å². The van der Waals surface area contributed by atoms with E-state index in [2.05, 4.69) is 0 Å². The Morgan fingerprint density at radius 3 is 1.72 bits per heavy atom. The lowest BCUT2D eigenvalue weighted by Crippen LogP contribution is -2.68. The second-order valence-electron chi connectivity index (χ2n) is 10.3. The molecule has 0 aliphatic heterocycles. The molecule has 0 aromatic heterocycles. The van der Waals surface area contributed by atoms with Crippen LogP contribution in [0, 0.1) is 35.5 Å². The molecular formula is C21H29F7O. The minimum absolute atomic E-state index is 0.182. The van der Waals surface area contributed by atoms with Gasteiger partial charge in [0.15, 0.2) is 0 Å². The molecule has 29 heavy (non-hydrogen) atoms. The molecule has 168 valence electrons. The summed E-state index contributed by atoms with van der Waals surface area (Å²) >= 11 is 0. The van der Waals surface area contributed by atoms with E-state index in [1.165, 1.54) is 13.8 Å². The lowest BCUT2D eigenvalue weighted by molar-refractivity contribution is -0.392. The van der Waals surface area contributed by atoms with E-state index in [9.17, 15) is 22.0 Å². The Kier molecular flexibility index (Phi) is 4.68. The van der Waals surface area contributed by atoms with Gasteiger partial charge in [-0.15, -0.1) is 0 Å². The van der Waals surface area contributed by atoms with E-state index in [1.807, 2.05) is 0 Å². The van der Waals surface area contributed by atoms with Gasteiger partial charge in [-0.05, 0) is 82.0 Å². The summed E-state index contributed by atoms with van der Waals surface area (Å²) in [6, 6.07) is 0. The highest BCUT2D eigenvalue weighted by Crippen LogP contribution is 2.67. The third-order valence-electron chi connectivity index (χ3n) is 8.63. The highest BCUT2D eigenvalue weighted by Gasteiger charge is 2.82. The van der Waals surface area contributed by atoms with Gasteiger partial charge in [0, 0.05) is 0 Å². The van der Waals surface area contributed by atoms with Gasteiger partial charge >= 0.3 is 6.18 Å². The topological polar surface area (TPSA) is 9.23 Å². The smallest absolute Gasteiger partial charge is 0.353 e. The van der Waals surface area contributed by atoms with Crippen LogP contribution in [0.3, 0.4) is 0 Å². The molecule has 0 radical (unpaired) electrons. The van der Waals surface area contributed by atoms with Gasteiger partial charge in [0.25, 0.3) is 11.8 Å². The number of hydrogen-bond donors (Lipinski definition) is 0. The van der Waals surface area contributed by atoms with Crippen LogP contribution in [0.2, 0.25) is 0 Å². The van der Waals surface area contributed by atoms with Gasteiger partial charge in [0.1, 0.15) is 0 Å². The second kappa shape index (κ2) is 6.26. The molecule has 3 unspecified atom stereocenters. The van der Waals surface area contributed by atoms with Crippen LogP contribution in [0.1, 0.15) is 65.7 Å². The first kappa shape index (κ1) is 21.7. The zero-order chi connectivity index (χ0) is 21.6. The lowest BCUT2D eigenvalue weighted by Gasteiger charge is -2.61. The predicted molar refractivity (Wildman–Crippen MR) is 92.8 cm³/mol. The summed E-state index contributed by atoms with van der Waals surface area (Å²) in [5.41, 5.74) is -5.22. The van der Waals surface area contributed by atoms with Gasteiger partial charge in [0.05, 0.1) is 11.5 Å². The Hall–Kier alpha value is -0.530. The van der Waals surface area contributed by atoms with Crippen LogP contribution in [-0.2, 0) is 4.74 Å². The minimum atomic E-state index is -5.44. The molecule has 0 amide bonds. The van der Waals surface area contributed by atoms with E-state index in [0.717, 1.165) is 6.42 Å². The first-order valence-corrected chi connectivity index (χ1v) is 10.7. The summed E-state index contributed by atoms with van der Waals surface area (Å²) < 4.78 is 108. The molecule has 0 aromatic carbocycles. The van der Waals surface area contributed by atoms with Crippen LogP contribution in [-0.4, -0.2) is 29.2 Å². The molecule has 5 fully saturated rings. The van der Waals surface area contributed by atoms with Crippen molar-refractivity contribution in [2.24, 2.45) is 35.5 Å². The molecule has 5 aliphatic rings. The maximum absolute atomic E-state index is 15.4. The fourth-order valence-corrected chi connectivity index (χ4v) is 7.42. The van der Waals surface area contributed by atoms with E-state index in [-0.39, 0.29) is 18.3 Å². The molecular weight excluding hydrogens is 401 g/mol. The number of rotatable bonds is 4. The van der Waals surface area contributed by atoms with Gasteiger partial charge in [0.2, 0.25) is 5.60 Å². The van der Waals surface area contributed by atoms with E-state index < -0.39 is 47.5 Å². The normalized spacial score (nSPS) is 49.0. The molecule has 8 heteroatoms. The summed E-state index contributed by atoms with van der Waals surface area (Å²) in [5, 5.41) is 0. The lowest BCUT2D eigenvalue weighted by atomic mass is 9.50. The minimum Gasteiger partial charge on any atom is -0.353 e. The summed E-state index contributed by atoms with van der Waals surface area (Å²) in [6.45, 7) is 3.21. The molecule has 5 rings (SSSR count). The van der Waals surface area contributed by atoms with Crippen LogP contribution in [0.4, 0.5) is 30.7 Å². The van der Waals surface area contributed by atoms with Crippen molar-refractivity contribution in [1.29, 1.82) is 0 Å². The summed E-state index contributed by atoms with van der Waals surface area (Å²) in [5.74, 6) is -12.4. The standard InChI is InChI=1S/C21H29F7O/c1-4-13-10-19(21(26,27)28,20(24,25)16(13)18(3,22)23)29-17(2)14-6-11-5-12(8-14)9-15(17)7-11/h11-16H,4-10H2,1-3H3. The molecule has 5 aliphatic carbocycles. The monoisotopic (exact) mass is 430 g/mol. The second-order valence-corrected chi connectivity index (χ2v) is 10.3. The van der Waals surface area contributed by atoms with Crippen LogP contribution in [0.25, 0.3) is 0 Å². The summed E-state index contributed by atoms with van der Waals surface area (Å²) in [6.07, 6.45) is -3.00. The van der Waals surface area contributed by atoms with Gasteiger partial charge in [-0.1, -0.05) is 13.3 Å². The number of ether oxygens (including phenoxy) is 1.